The van der Waals surface area contributed by atoms with Gasteiger partial charge in [-0.15, -0.1) is 0 Å². The number of carboxylic acid groups (broad SMARTS) is 1. The first-order chi connectivity index (χ1) is 8.40. The lowest BCUT2D eigenvalue weighted by molar-refractivity contribution is -0.137. The van der Waals surface area contributed by atoms with Crippen molar-refractivity contribution in [3.63, 3.8) is 0 Å². The molecule has 0 radical (unpaired) electrons. The van der Waals surface area contributed by atoms with Crippen LogP contribution in [0.5, 0.6) is 0 Å². The second-order valence-corrected chi connectivity index (χ2v) is 4.35. The van der Waals surface area contributed by atoms with Gasteiger partial charge in [-0.25, -0.2) is 0 Å². The van der Waals surface area contributed by atoms with Crippen LogP contribution in [0.3, 0.4) is 0 Å². The highest BCUT2D eigenvalue weighted by atomic mass is 16.4. The molecule has 0 saturated carbocycles. The summed E-state index contributed by atoms with van der Waals surface area (Å²) in [7, 11) is 0. The van der Waals surface area contributed by atoms with Gasteiger partial charge in [0.15, 0.2) is 0 Å². The van der Waals surface area contributed by atoms with Gasteiger partial charge in [-0.3, -0.25) is 9.59 Å². The van der Waals surface area contributed by atoms with E-state index >= 15 is 0 Å². The number of amides is 1. The molecule has 0 aliphatic heterocycles. The number of nitrogens with one attached hydrogen (secondary N) is 1. The molecule has 4 N–H and O–H groups in total. The molecule has 0 fully saturated rings. The summed E-state index contributed by atoms with van der Waals surface area (Å²) in [5, 5.41) is 11.2. The Morgan fingerprint density at radius 1 is 1.39 bits per heavy atom. The number of aliphatic carboxylic acids is 1. The molecule has 18 heavy (non-hydrogen) atoms. The summed E-state index contributed by atoms with van der Waals surface area (Å²) in [6, 6.07) is 4.92. The van der Waals surface area contributed by atoms with Gasteiger partial charge in [-0.2, -0.15) is 0 Å². The lowest BCUT2D eigenvalue weighted by Crippen LogP contribution is -2.36. The van der Waals surface area contributed by atoms with Gasteiger partial charge in [-0.1, -0.05) is 12.1 Å². The summed E-state index contributed by atoms with van der Waals surface area (Å²) in [4.78, 5) is 22.2. The number of nitrogens with two attached hydrogens (primary N) is 1. The number of carbonyl (C=O) groups excluding carboxylic acids is 1. The van der Waals surface area contributed by atoms with Crippen LogP contribution in [0.25, 0.3) is 0 Å². The normalized spacial score (nSPS) is 11.9. The summed E-state index contributed by atoms with van der Waals surface area (Å²) >= 11 is 0. The molecular formula is C13H18N2O3. The van der Waals surface area contributed by atoms with Crippen LogP contribution in [0.15, 0.2) is 18.2 Å². The van der Waals surface area contributed by atoms with Crippen molar-refractivity contribution in [2.45, 2.75) is 32.7 Å². The smallest absolute Gasteiger partial charge is 0.303 e. The predicted molar refractivity (Wildman–Crippen MR) is 69.4 cm³/mol. The fourth-order valence-electron chi connectivity index (χ4n) is 1.51. The lowest BCUT2D eigenvalue weighted by atomic mass is 10.1. The van der Waals surface area contributed by atoms with E-state index < -0.39 is 12.0 Å². The Morgan fingerprint density at radius 3 is 2.67 bits per heavy atom. The summed E-state index contributed by atoms with van der Waals surface area (Å²) < 4.78 is 0. The minimum atomic E-state index is -0.954. The molecule has 1 aromatic rings. The molecule has 0 spiro atoms. The van der Waals surface area contributed by atoms with E-state index in [1.54, 1.807) is 0 Å². The van der Waals surface area contributed by atoms with E-state index in [1.807, 2.05) is 32.0 Å². The molecule has 1 rings (SSSR count). The van der Waals surface area contributed by atoms with Crippen LogP contribution in [0, 0.1) is 13.8 Å². The SMILES string of the molecule is Cc1ccc(C)c(NC(=O)C(N)CCC(=O)O)c1. The third-order valence-electron chi connectivity index (χ3n) is 2.66. The van der Waals surface area contributed by atoms with Crippen LogP contribution in [0.2, 0.25) is 0 Å². The molecule has 5 nitrogen and oxygen atoms in total. The maximum atomic E-state index is 11.8. The van der Waals surface area contributed by atoms with Gasteiger partial charge in [0.1, 0.15) is 0 Å². The zero-order valence-electron chi connectivity index (χ0n) is 10.6. The van der Waals surface area contributed by atoms with Crippen LogP contribution in [-0.2, 0) is 9.59 Å². The summed E-state index contributed by atoms with van der Waals surface area (Å²) in [5.41, 5.74) is 8.32. The molecule has 0 heterocycles. The number of carboxylic acids is 1. The van der Waals surface area contributed by atoms with E-state index in [4.69, 9.17) is 10.8 Å². The molecule has 1 atom stereocenters. The molecular weight excluding hydrogens is 232 g/mol. The lowest BCUT2D eigenvalue weighted by Gasteiger charge is -2.13. The highest BCUT2D eigenvalue weighted by Crippen LogP contribution is 2.16. The number of aryl methyl sites for hydroxylation is 2. The highest BCUT2D eigenvalue weighted by Gasteiger charge is 2.15. The van der Waals surface area contributed by atoms with Crippen LogP contribution < -0.4 is 11.1 Å². The largest absolute Gasteiger partial charge is 0.481 e. The molecule has 0 aliphatic carbocycles. The summed E-state index contributed by atoms with van der Waals surface area (Å²) in [6.45, 7) is 3.82. The third kappa shape index (κ3) is 4.18. The zero-order valence-corrected chi connectivity index (χ0v) is 10.6. The highest BCUT2D eigenvalue weighted by molar-refractivity contribution is 5.95. The number of carbonyl (C=O) groups is 2. The molecule has 1 amide bonds. The second kappa shape index (κ2) is 6.16. The molecule has 0 bridgehead atoms. The molecule has 5 heteroatoms. The van der Waals surface area contributed by atoms with E-state index in [0.717, 1.165) is 11.1 Å². The Balaban J connectivity index is 2.63. The first-order valence-corrected chi connectivity index (χ1v) is 5.75. The minimum absolute atomic E-state index is 0.110. The zero-order chi connectivity index (χ0) is 13.7. The topological polar surface area (TPSA) is 92.4 Å². The van der Waals surface area contributed by atoms with Crippen molar-refractivity contribution < 1.29 is 14.7 Å². The number of anilines is 1. The number of benzene rings is 1. The third-order valence-corrected chi connectivity index (χ3v) is 2.66. The maximum Gasteiger partial charge on any atom is 0.303 e. The maximum absolute atomic E-state index is 11.8. The van der Waals surface area contributed by atoms with E-state index in [9.17, 15) is 9.59 Å². The Morgan fingerprint density at radius 2 is 2.06 bits per heavy atom. The van der Waals surface area contributed by atoms with Crippen molar-refractivity contribution in [1.29, 1.82) is 0 Å². The predicted octanol–water partition coefficient (Wildman–Crippen LogP) is 1.43. The average Bonchev–Trinajstić information content (AvgIpc) is 2.30. The Hall–Kier alpha value is -1.88. The Labute approximate surface area is 106 Å². The van der Waals surface area contributed by atoms with E-state index in [1.165, 1.54) is 0 Å². The van der Waals surface area contributed by atoms with Crippen molar-refractivity contribution in [3.8, 4) is 0 Å². The van der Waals surface area contributed by atoms with Crippen molar-refractivity contribution in [2.75, 3.05) is 5.32 Å². The van der Waals surface area contributed by atoms with Gasteiger partial charge in [0, 0.05) is 12.1 Å². The minimum Gasteiger partial charge on any atom is -0.481 e. The van der Waals surface area contributed by atoms with Gasteiger partial charge in [0.05, 0.1) is 6.04 Å². The van der Waals surface area contributed by atoms with Crippen molar-refractivity contribution >= 4 is 17.6 Å². The number of hydrogen-bond acceptors (Lipinski definition) is 3. The Kier molecular flexibility index (Phi) is 4.85. The second-order valence-electron chi connectivity index (χ2n) is 4.35. The first-order valence-electron chi connectivity index (χ1n) is 5.75. The molecule has 0 aromatic heterocycles. The van der Waals surface area contributed by atoms with Gasteiger partial charge in [-0.05, 0) is 37.5 Å². The van der Waals surface area contributed by atoms with Gasteiger partial charge < -0.3 is 16.2 Å². The van der Waals surface area contributed by atoms with Crippen molar-refractivity contribution in [3.05, 3.63) is 29.3 Å². The molecule has 0 aliphatic rings. The van der Waals surface area contributed by atoms with Crippen LogP contribution >= 0.6 is 0 Å². The molecule has 1 aromatic carbocycles. The standard InChI is InChI=1S/C13H18N2O3/c1-8-3-4-9(2)11(7-8)15-13(18)10(14)5-6-12(16)17/h3-4,7,10H,5-6,14H2,1-2H3,(H,15,18)(H,16,17). The summed E-state index contributed by atoms with van der Waals surface area (Å²) in [5.74, 6) is -1.31. The van der Waals surface area contributed by atoms with Gasteiger partial charge in [0.25, 0.3) is 0 Å². The van der Waals surface area contributed by atoms with Crippen LogP contribution in [0.1, 0.15) is 24.0 Å². The quantitative estimate of drug-likeness (QED) is 0.737. The van der Waals surface area contributed by atoms with Crippen molar-refractivity contribution in [2.24, 2.45) is 5.73 Å². The monoisotopic (exact) mass is 250 g/mol. The van der Waals surface area contributed by atoms with Gasteiger partial charge >= 0.3 is 5.97 Å². The Bertz CT molecular complexity index is 458. The van der Waals surface area contributed by atoms with E-state index in [-0.39, 0.29) is 18.7 Å². The van der Waals surface area contributed by atoms with E-state index in [0.29, 0.717) is 5.69 Å². The van der Waals surface area contributed by atoms with Crippen LogP contribution in [-0.4, -0.2) is 23.0 Å². The number of rotatable bonds is 5. The van der Waals surface area contributed by atoms with Crippen molar-refractivity contribution in [1.82, 2.24) is 0 Å². The fourth-order valence-corrected chi connectivity index (χ4v) is 1.51. The average molecular weight is 250 g/mol. The fraction of sp³-hybridized carbons (Fsp3) is 0.385. The van der Waals surface area contributed by atoms with Gasteiger partial charge in [0.2, 0.25) is 5.91 Å². The molecule has 1 unspecified atom stereocenters. The van der Waals surface area contributed by atoms with Crippen LogP contribution in [0.4, 0.5) is 5.69 Å². The molecule has 0 saturated heterocycles. The van der Waals surface area contributed by atoms with E-state index in [2.05, 4.69) is 5.32 Å². The molecule has 98 valence electrons. The number of hydrogen-bond donors (Lipinski definition) is 3. The summed E-state index contributed by atoms with van der Waals surface area (Å²) in [6.07, 6.45) is 0.0212. The first kappa shape index (κ1) is 14.2.